The Hall–Kier alpha value is -2.94. The summed E-state index contributed by atoms with van der Waals surface area (Å²) in [5.41, 5.74) is 6.31. The zero-order valence-corrected chi connectivity index (χ0v) is 17.8. The molecule has 1 aliphatic heterocycles. The van der Waals surface area contributed by atoms with E-state index < -0.39 is 0 Å². The highest BCUT2D eigenvalue weighted by Crippen LogP contribution is 2.39. The fourth-order valence-corrected chi connectivity index (χ4v) is 3.96. The Morgan fingerprint density at radius 3 is 2.20 bits per heavy atom. The minimum Gasteiger partial charge on any atom is -0.340 e. The van der Waals surface area contributed by atoms with Crippen LogP contribution in [0.1, 0.15) is 11.4 Å². The lowest BCUT2D eigenvalue weighted by molar-refractivity contribution is 0.168. The summed E-state index contributed by atoms with van der Waals surface area (Å²) >= 11 is 0. The van der Waals surface area contributed by atoms with Gasteiger partial charge in [0.1, 0.15) is 11.5 Å². The Morgan fingerprint density at radius 1 is 0.900 bits per heavy atom. The number of rotatable bonds is 3. The molecule has 4 rings (SSSR count). The third kappa shape index (κ3) is 4.16. The largest absolute Gasteiger partial charge is 0.340 e. The SMILES string of the molecule is Cc1c(-c2ccc(F)cc2)c(-c2ccncc2)c(C#CCN2CCN(C)CC2)n1C. The Morgan fingerprint density at radius 2 is 1.53 bits per heavy atom. The van der Waals surface area contributed by atoms with E-state index in [9.17, 15) is 4.39 Å². The van der Waals surface area contributed by atoms with Crippen LogP contribution in [0.3, 0.4) is 0 Å². The number of benzene rings is 1. The van der Waals surface area contributed by atoms with Gasteiger partial charge in [0.15, 0.2) is 0 Å². The fraction of sp³-hybridized carbons (Fsp3) is 0.320. The maximum absolute atomic E-state index is 13.5. The number of hydrogen-bond acceptors (Lipinski definition) is 3. The van der Waals surface area contributed by atoms with Crippen LogP contribution < -0.4 is 0 Å². The van der Waals surface area contributed by atoms with Crippen LogP contribution >= 0.6 is 0 Å². The molecule has 4 nitrogen and oxygen atoms in total. The van der Waals surface area contributed by atoms with E-state index in [0.717, 1.165) is 66.4 Å². The summed E-state index contributed by atoms with van der Waals surface area (Å²) in [4.78, 5) is 8.92. The quantitative estimate of drug-likeness (QED) is 0.623. The van der Waals surface area contributed by atoms with Gasteiger partial charge >= 0.3 is 0 Å². The van der Waals surface area contributed by atoms with Crippen molar-refractivity contribution in [3.05, 3.63) is 66.0 Å². The first kappa shape index (κ1) is 20.3. The third-order valence-corrected chi connectivity index (χ3v) is 5.89. The Kier molecular flexibility index (Phi) is 5.98. The molecule has 3 aromatic rings. The van der Waals surface area contributed by atoms with Crippen LogP contribution in [0.2, 0.25) is 0 Å². The van der Waals surface area contributed by atoms with Crippen molar-refractivity contribution in [3.63, 3.8) is 0 Å². The van der Waals surface area contributed by atoms with Gasteiger partial charge in [0.2, 0.25) is 0 Å². The first-order valence-corrected chi connectivity index (χ1v) is 10.3. The van der Waals surface area contributed by atoms with E-state index in [1.807, 2.05) is 31.3 Å². The number of likely N-dealkylation sites (N-methyl/N-ethyl adjacent to an activating group) is 1. The molecule has 154 valence electrons. The third-order valence-electron chi connectivity index (χ3n) is 5.89. The standard InChI is InChI=1S/C25H27FN4/c1-19-24(20-6-8-22(26)9-7-20)25(21-10-12-27-13-11-21)23(29(19)3)5-4-14-30-17-15-28(2)16-18-30/h6-13H,14-18H2,1-3H3. The molecule has 0 saturated carbocycles. The lowest BCUT2D eigenvalue weighted by atomic mass is 9.95. The van der Waals surface area contributed by atoms with Crippen molar-refractivity contribution in [2.24, 2.45) is 7.05 Å². The molecule has 0 unspecified atom stereocenters. The van der Waals surface area contributed by atoms with E-state index in [2.05, 4.69) is 45.2 Å². The zero-order chi connectivity index (χ0) is 21.1. The molecule has 0 aliphatic carbocycles. The summed E-state index contributed by atoms with van der Waals surface area (Å²) < 4.78 is 15.7. The van der Waals surface area contributed by atoms with Gasteiger partial charge in [-0.25, -0.2) is 4.39 Å². The molecule has 0 spiro atoms. The molecule has 3 heterocycles. The van der Waals surface area contributed by atoms with Gasteiger partial charge in [-0.2, -0.15) is 0 Å². The summed E-state index contributed by atoms with van der Waals surface area (Å²) in [7, 11) is 4.21. The summed E-state index contributed by atoms with van der Waals surface area (Å²) in [5.74, 6) is 6.61. The normalized spacial score (nSPS) is 15.1. The highest BCUT2D eigenvalue weighted by molar-refractivity contribution is 5.89. The van der Waals surface area contributed by atoms with Crippen molar-refractivity contribution < 1.29 is 4.39 Å². The van der Waals surface area contributed by atoms with E-state index in [4.69, 9.17) is 0 Å². The van der Waals surface area contributed by atoms with Gasteiger partial charge in [0.05, 0.1) is 6.54 Å². The average molecular weight is 403 g/mol. The molecule has 0 radical (unpaired) electrons. The second-order valence-corrected chi connectivity index (χ2v) is 7.87. The predicted octanol–water partition coefficient (Wildman–Crippen LogP) is 3.80. The lowest BCUT2D eigenvalue weighted by Crippen LogP contribution is -2.44. The molecule has 5 heteroatoms. The molecule has 1 aliphatic rings. The van der Waals surface area contributed by atoms with Gasteiger partial charge in [-0.1, -0.05) is 18.1 Å². The molecule has 1 fully saturated rings. The average Bonchev–Trinajstić information content (AvgIpc) is 3.01. The summed E-state index contributed by atoms with van der Waals surface area (Å²) in [6, 6.07) is 10.7. The van der Waals surface area contributed by atoms with Crippen molar-refractivity contribution in [1.82, 2.24) is 19.4 Å². The van der Waals surface area contributed by atoms with Crippen LogP contribution in [0, 0.1) is 24.6 Å². The number of aromatic nitrogens is 2. The number of nitrogens with zero attached hydrogens (tertiary/aromatic N) is 4. The van der Waals surface area contributed by atoms with Gasteiger partial charge in [0.25, 0.3) is 0 Å². The molecule has 0 amide bonds. The van der Waals surface area contributed by atoms with Crippen molar-refractivity contribution in [1.29, 1.82) is 0 Å². The second-order valence-electron chi connectivity index (χ2n) is 7.87. The Balaban J connectivity index is 1.76. The van der Waals surface area contributed by atoms with Crippen LogP contribution in [0.25, 0.3) is 22.3 Å². The molecule has 0 atom stereocenters. The maximum Gasteiger partial charge on any atom is 0.123 e. The zero-order valence-electron chi connectivity index (χ0n) is 17.8. The molecule has 1 saturated heterocycles. The summed E-state index contributed by atoms with van der Waals surface area (Å²) in [5, 5.41) is 0. The van der Waals surface area contributed by atoms with Crippen LogP contribution in [0.15, 0.2) is 48.8 Å². The van der Waals surface area contributed by atoms with Crippen molar-refractivity contribution >= 4 is 0 Å². The predicted molar refractivity (Wildman–Crippen MR) is 120 cm³/mol. The van der Waals surface area contributed by atoms with Crippen LogP contribution in [0.5, 0.6) is 0 Å². The minimum absolute atomic E-state index is 0.231. The van der Waals surface area contributed by atoms with E-state index >= 15 is 0 Å². The van der Waals surface area contributed by atoms with Crippen molar-refractivity contribution in [2.75, 3.05) is 39.8 Å². The maximum atomic E-state index is 13.5. The van der Waals surface area contributed by atoms with E-state index in [1.54, 1.807) is 12.4 Å². The number of halogens is 1. The van der Waals surface area contributed by atoms with E-state index in [-0.39, 0.29) is 5.82 Å². The molecule has 30 heavy (non-hydrogen) atoms. The smallest absolute Gasteiger partial charge is 0.123 e. The molecule has 1 aromatic carbocycles. The lowest BCUT2D eigenvalue weighted by Gasteiger charge is -2.30. The highest BCUT2D eigenvalue weighted by atomic mass is 19.1. The molecular formula is C25H27FN4. The topological polar surface area (TPSA) is 24.3 Å². The monoisotopic (exact) mass is 402 g/mol. The molecular weight excluding hydrogens is 375 g/mol. The number of piperazine rings is 1. The van der Waals surface area contributed by atoms with Crippen LogP contribution in [-0.2, 0) is 7.05 Å². The first-order valence-electron chi connectivity index (χ1n) is 10.3. The van der Waals surface area contributed by atoms with Gasteiger partial charge in [-0.3, -0.25) is 9.88 Å². The van der Waals surface area contributed by atoms with Gasteiger partial charge in [-0.05, 0) is 55.3 Å². The van der Waals surface area contributed by atoms with Gasteiger partial charge in [-0.15, -0.1) is 0 Å². The van der Waals surface area contributed by atoms with Gasteiger partial charge < -0.3 is 9.47 Å². The number of hydrogen-bond donors (Lipinski definition) is 0. The summed E-state index contributed by atoms with van der Waals surface area (Å²) in [6.07, 6.45) is 3.60. The minimum atomic E-state index is -0.231. The van der Waals surface area contributed by atoms with Crippen molar-refractivity contribution in [2.45, 2.75) is 6.92 Å². The highest BCUT2D eigenvalue weighted by Gasteiger charge is 2.20. The second kappa shape index (κ2) is 8.83. The summed E-state index contributed by atoms with van der Waals surface area (Å²) in [6.45, 7) is 7.13. The first-order chi connectivity index (χ1) is 14.5. The van der Waals surface area contributed by atoms with E-state index in [1.165, 1.54) is 12.1 Å². The van der Waals surface area contributed by atoms with Crippen LogP contribution in [0.4, 0.5) is 4.39 Å². The molecule has 2 aromatic heterocycles. The van der Waals surface area contributed by atoms with Crippen molar-refractivity contribution in [3.8, 4) is 34.1 Å². The Labute approximate surface area is 178 Å². The fourth-order valence-electron chi connectivity index (χ4n) is 3.96. The number of pyridine rings is 1. The molecule has 0 bridgehead atoms. The van der Waals surface area contributed by atoms with Crippen LogP contribution in [-0.4, -0.2) is 59.1 Å². The Bertz CT molecular complexity index is 1070. The van der Waals surface area contributed by atoms with Gasteiger partial charge in [0, 0.05) is 62.4 Å². The molecule has 0 N–H and O–H groups in total. The van der Waals surface area contributed by atoms with E-state index in [0.29, 0.717) is 0 Å².